The highest BCUT2D eigenvalue weighted by Crippen LogP contribution is 2.52. The molecular weight excluding hydrogens is 464 g/mol. The van der Waals surface area contributed by atoms with Crippen molar-refractivity contribution in [3.05, 3.63) is 83.9 Å². The number of hydrogen-bond donors (Lipinski definition) is 0. The Kier molecular flexibility index (Phi) is 6.49. The first-order chi connectivity index (χ1) is 15.7. The summed E-state index contributed by atoms with van der Waals surface area (Å²) in [6, 6.07) is 22.6. The first kappa shape index (κ1) is 23.3. The van der Waals surface area contributed by atoms with Crippen LogP contribution < -0.4 is 4.74 Å². The Hall–Kier alpha value is -2.85. The molecular formula is C24H24O7S2. The van der Waals surface area contributed by atoms with Crippen LogP contribution in [0.15, 0.2) is 77.7 Å². The maximum Gasteiger partial charge on any atom is 0.513 e. The summed E-state index contributed by atoms with van der Waals surface area (Å²) in [4.78, 5) is 13.0. The quantitative estimate of drug-likeness (QED) is 0.331. The van der Waals surface area contributed by atoms with E-state index < -0.39 is 26.9 Å². The summed E-state index contributed by atoms with van der Waals surface area (Å²) in [6.45, 7) is 0.158. The van der Waals surface area contributed by atoms with Crippen molar-refractivity contribution < 1.29 is 30.5 Å². The Balaban J connectivity index is 1.40. The molecule has 0 unspecified atom stereocenters. The van der Waals surface area contributed by atoms with E-state index in [2.05, 4.69) is 16.3 Å². The summed E-state index contributed by atoms with van der Waals surface area (Å²) in [5.74, 6) is 0.220. The van der Waals surface area contributed by atoms with Crippen LogP contribution >= 0.6 is 10.3 Å². The molecule has 0 atom stereocenters. The molecule has 7 nitrogen and oxygen atoms in total. The van der Waals surface area contributed by atoms with Gasteiger partial charge in [-0.05, 0) is 59.0 Å². The molecule has 174 valence electrons. The number of benzene rings is 3. The lowest BCUT2D eigenvalue weighted by atomic mass is 9.98. The normalized spacial score (nSPS) is 13.8. The first-order valence-corrected chi connectivity index (χ1v) is 13.8. The molecule has 33 heavy (non-hydrogen) atoms. The molecule has 0 radical (unpaired) electrons. The van der Waals surface area contributed by atoms with Gasteiger partial charge >= 0.3 is 16.6 Å². The fraction of sp³-hybridized carbons (Fsp3) is 0.208. The molecule has 0 saturated heterocycles. The van der Waals surface area contributed by atoms with Gasteiger partial charge in [-0.1, -0.05) is 58.8 Å². The van der Waals surface area contributed by atoms with E-state index in [1.165, 1.54) is 0 Å². The summed E-state index contributed by atoms with van der Waals surface area (Å²) in [5, 5.41) is 0. The van der Waals surface area contributed by atoms with Gasteiger partial charge in [-0.15, -0.1) is 0 Å². The number of carbonyl (C=O) groups is 1. The van der Waals surface area contributed by atoms with Crippen LogP contribution in [0.1, 0.15) is 17.0 Å². The van der Waals surface area contributed by atoms with E-state index in [4.69, 9.17) is 13.1 Å². The van der Waals surface area contributed by atoms with Crippen LogP contribution in [-0.4, -0.2) is 40.8 Å². The zero-order chi connectivity index (χ0) is 23.6. The summed E-state index contributed by atoms with van der Waals surface area (Å²) in [6.07, 6.45) is 2.53. The molecule has 3 aromatic rings. The highest BCUT2D eigenvalue weighted by molar-refractivity contribution is 8.31. The standard InChI is InChI=1S/C24H24O7S2/c1-28-33(26,27)31-32(2,3)18-14-12-17(13-15-18)30-24(25)29-16-23-21-10-6-4-8-19(21)20-9-5-7-11-22(20)23/h4-15,23H,16H2,1-3H3. The van der Waals surface area contributed by atoms with Crippen LogP contribution in [0.2, 0.25) is 0 Å². The second-order valence-electron chi connectivity index (χ2n) is 7.74. The van der Waals surface area contributed by atoms with E-state index in [-0.39, 0.29) is 18.3 Å². The van der Waals surface area contributed by atoms with Gasteiger partial charge in [0.05, 0.1) is 7.11 Å². The lowest BCUT2D eigenvalue weighted by Gasteiger charge is -2.29. The third-order valence-electron chi connectivity index (χ3n) is 5.38. The van der Waals surface area contributed by atoms with Crippen molar-refractivity contribution in [3.63, 3.8) is 0 Å². The minimum atomic E-state index is -4.08. The first-order valence-electron chi connectivity index (χ1n) is 10.1. The van der Waals surface area contributed by atoms with Gasteiger partial charge < -0.3 is 9.47 Å². The van der Waals surface area contributed by atoms with E-state index >= 15 is 0 Å². The number of carbonyl (C=O) groups excluding carboxylic acids is 1. The molecule has 3 aromatic carbocycles. The number of fused-ring (bicyclic) bond motifs is 3. The largest absolute Gasteiger partial charge is 0.513 e. The van der Waals surface area contributed by atoms with Crippen molar-refractivity contribution in [3.8, 4) is 16.9 Å². The van der Waals surface area contributed by atoms with E-state index in [1.54, 1.807) is 36.8 Å². The average Bonchev–Trinajstić information content (AvgIpc) is 3.11. The third kappa shape index (κ3) is 5.06. The second kappa shape index (κ2) is 9.18. The molecule has 0 fully saturated rings. The van der Waals surface area contributed by atoms with Crippen molar-refractivity contribution in [1.82, 2.24) is 0 Å². The van der Waals surface area contributed by atoms with Crippen molar-refractivity contribution in [2.45, 2.75) is 10.8 Å². The predicted octanol–water partition coefficient (Wildman–Crippen LogP) is 5.26. The van der Waals surface area contributed by atoms with Gasteiger partial charge in [0.2, 0.25) is 0 Å². The van der Waals surface area contributed by atoms with E-state index in [0.29, 0.717) is 4.90 Å². The van der Waals surface area contributed by atoms with Gasteiger partial charge in [0.15, 0.2) is 0 Å². The zero-order valence-corrected chi connectivity index (χ0v) is 20.0. The molecule has 0 saturated carbocycles. The van der Waals surface area contributed by atoms with Gasteiger partial charge in [-0.3, -0.25) is 4.18 Å². The summed E-state index contributed by atoms with van der Waals surface area (Å²) in [7, 11) is -5.18. The van der Waals surface area contributed by atoms with Gasteiger partial charge in [0, 0.05) is 10.8 Å². The molecule has 0 aromatic heterocycles. The van der Waals surface area contributed by atoms with Gasteiger partial charge in [0.1, 0.15) is 12.4 Å². The Morgan fingerprint density at radius 1 is 0.848 bits per heavy atom. The monoisotopic (exact) mass is 488 g/mol. The van der Waals surface area contributed by atoms with Gasteiger partial charge in [-0.25, -0.2) is 4.79 Å². The van der Waals surface area contributed by atoms with Crippen molar-refractivity contribution >= 4 is 26.9 Å². The highest BCUT2D eigenvalue weighted by Gasteiger charge is 2.29. The smallest absolute Gasteiger partial charge is 0.433 e. The van der Waals surface area contributed by atoms with Crippen molar-refractivity contribution in [2.75, 3.05) is 26.2 Å². The van der Waals surface area contributed by atoms with Gasteiger partial charge in [-0.2, -0.15) is 12.0 Å². The van der Waals surface area contributed by atoms with Crippen LogP contribution in [0, 0.1) is 0 Å². The molecule has 9 heteroatoms. The molecule has 1 aliphatic rings. The Morgan fingerprint density at radius 2 is 1.39 bits per heavy atom. The maximum atomic E-state index is 12.3. The topological polar surface area (TPSA) is 88.1 Å². The van der Waals surface area contributed by atoms with Crippen LogP contribution in [-0.2, 0) is 22.9 Å². The summed E-state index contributed by atoms with van der Waals surface area (Å²) in [5.41, 5.74) is 4.53. The minimum absolute atomic E-state index is 0.0587. The van der Waals surface area contributed by atoms with E-state index in [1.807, 2.05) is 36.4 Å². The number of rotatable bonds is 7. The molecule has 0 heterocycles. The summed E-state index contributed by atoms with van der Waals surface area (Å²) < 4.78 is 43.5. The lowest BCUT2D eigenvalue weighted by Crippen LogP contribution is -2.16. The fourth-order valence-corrected chi connectivity index (χ4v) is 6.82. The van der Waals surface area contributed by atoms with E-state index in [9.17, 15) is 13.2 Å². The Labute approximate surface area is 195 Å². The second-order valence-corrected chi connectivity index (χ2v) is 12.4. The number of hydrogen-bond acceptors (Lipinski definition) is 7. The van der Waals surface area contributed by atoms with Crippen LogP contribution in [0.25, 0.3) is 11.1 Å². The molecule has 0 bridgehead atoms. The molecule has 0 spiro atoms. The number of ether oxygens (including phenoxy) is 2. The molecule has 0 amide bonds. The molecule has 1 aliphatic carbocycles. The Morgan fingerprint density at radius 3 is 1.94 bits per heavy atom. The molecule has 0 N–H and O–H groups in total. The van der Waals surface area contributed by atoms with Crippen molar-refractivity contribution in [1.29, 1.82) is 0 Å². The van der Waals surface area contributed by atoms with Crippen LogP contribution in [0.4, 0.5) is 4.79 Å². The molecule has 0 aliphatic heterocycles. The SMILES string of the molecule is COS(=O)(=O)OS(C)(C)c1ccc(OC(=O)OCC2c3ccccc3-c3ccccc32)cc1. The van der Waals surface area contributed by atoms with Crippen LogP contribution in [0.5, 0.6) is 5.75 Å². The Bertz CT molecular complexity index is 1220. The minimum Gasteiger partial charge on any atom is -0.433 e. The predicted molar refractivity (Wildman–Crippen MR) is 127 cm³/mol. The zero-order valence-electron chi connectivity index (χ0n) is 18.4. The summed E-state index contributed by atoms with van der Waals surface area (Å²) >= 11 is 0. The highest BCUT2D eigenvalue weighted by atomic mass is 32.3. The van der Waals surface area contributed by atoms with E-state index in [0.717, 1.165) is 29.4 Å². The van der Waals surface area contributed by atoms with Crippen LogP contribution in [0.3, 0.4) is 0 Å². The maximum absolute atomic E-state index is 12.3. The van der Waals surface area contributed by atoms with Gasteiger partial charge in [0.25, 0.3) is 0 Å². The average molecular weight is 489 g/mol. The third-order valence-corrected chi connectivity index (χ3v) is 9.22. The van der Waals surface area contributed by atoms with Crippen molar-refractivity contribution in [2.24, 2.45) is 0 Å². The lowest BCUT2D eigenvalue weighted by molar-refractivity contribution is 0.0964. The fourth-order valence-electron chi connectivity index (χ4n) is 3.83. The molecule has 4 rings (SSSR count).